The van der Waals surface area contributed by atoms with E-state index in [1.54, 1.807) is 24.3 Å². The summed E-state index contributed by atoms with van der Waals surface area (Å²) in [6.45, 7) is 2.31. The highest BCUT2D eigenvalue weighted by Crippen LogP contribution is 2.35. The third-order valence-corrected chi connectivity index (χ3v) is 3.58. The quantitative estimate of drug-likeness (QED) is 0.823. The second-order valence-corrected chi connectivity index (χ2v) is 5.76. The molecule has 0 aromatic heterocycles. The van der Waals surface area contributed by atoms with Gasteiger partial charge in [-0.3, -0.25) is 0 Å². The number of benzene rings is 2. The molecule has 6 nitrogen and oxygen atoms in total. The van der Waals surface area contributed by atoms with Crippen LogP contribution in [0.3, 0.4) is 0 Å². The Bertz CT molecular complexity index is 744. The lowest BCUT2D eigenvalue weighted by molar-refractivity contribution is 0.320. The van der Waals surface area contributed by atoms with Crippen molar-refractivity contribution < 1.29 is 17.9 Å². The number of sulfonamides is 1. The van der Waals surface area contributed by atoms with Crippen molar-refractivity contribution in [3.05, 3.63) is 42.5 Å². The second-order valence-electron chi connectivity index (χ2n) is 4.23. The molecule has 112 valence electrons. The number of nitrogen functional groups attached to an aromatic ring is 1. The van der Waals surface area contributed by atoms with Crippen molar-refractivity contribution >= 4 is 15.7 Å². The second kappa shape index (κ2) is 6.02. The molecule has 0 saturated carbocycles. The van der Waals surface area contributed by atoms with Crippen LogP contribution >= 0.6 is 0 Å². The van der Waals surface area contributed by atoms with Crippen LogP contribution < -0.4 is 20.3 Å². The summed E-state index contributed by atoms with van der Waals surface area (Å²) in [5.41, 5.74) is 5.88. The van der Waals surface area contributed by atoms with Gasteiger partial charge in [-0.05, 0) is 37.3 Å². The number of para-hydroxylation sites is 2. The van der Waals surface area contributed by atoms with Gasteiger partial charge in [-0.2, -0.15) is 0 Å². The molecule has 0 heterocycles. The van der Waals surface area contributed by atoms with E-state index in [-0.39, 0.29) is 16.3 Å². The van der Waals surface area contributed by atoms with Crippen molar-refractivity contribution in [1.29, 1.82) is 0 Å². The van der Waals surface area contributed by atoms with Crippen LogP contribution in [0, 0.1) is 0 Å². The van der Waals surface area contributed by atoms with E-state index in [0.29, 0.717) is 18.1 Å². The minimum absolute atomic E-state index is 0.0962. The predicted octanol–water partition coefficient (Wildman–Crippen LogP) is 2.11. The van der Waals surface area contributed by atoms with Crippen LogP contribution in [0.1, 0.15) is 6.92 Å². The van der Waals surface area contributed by atoms with Gasteiger partial charge in [-0.25, -0.2) is 13.6 Å². The average Bonchev–Trinajstić information content (AvgIpc) is 2.42. The summed E-state index contributed by atoms with van der Waals surface area (Å²) in [4.78, 5) is -0.172. The molecule has 0 amide bonds. The summed E-state index contributed by atoms with van der Waals surface area (Å²) in [5, 5.41) is 5.18. The molecule has 0 bridgehead atoms. The van der Waals surface area contributed by atoms with Gasteiger partial charge in [0.25, 0.3) is 0 Å². The lowest BCUT2D eigenvalue weighted by Crippen LogP contribution is -2.13. The van der Waals surface area contributed by atoms with Gasteiger partial charge >= 0.3 is 0 Å². The maximum absolute atomic E-state index is 11.6. The number of ether oxygens (including phenoxy) is 2. The van der Waals surface area contributed by atoms with Gasteiger partial charge in [0, 0.05) is 5.69 Å². The molecule has 0 aliphatic rings. The molecular formula is C14H16N2O4S. The number of rotatable bonds is 5. The van der Waals surface area contributed by atoms with Crippen LogP contribution in [-0.2, 0) is 10.0 Å². The maximum Gasteiger partial charge on any atom is 0.241 e. The Balaban J connectivity index is 2.45. The van der Waals surface area contributed by atoms with Crippen molar-refractivity contribution in [1.82, 2.24) is 0 Å². The zero-order chi connectivity index (χ0) is 15.5. The van der Waals surface area contributed by atoms with E-state index in [9.17, 15) is 8.42 Å². The molecule has 0 atom stereocenters. The molecule has 2 aromatic carbocycles. The first-order valence-corrected chi connectivity index (χ1v) is 7.78. The molecule has 2 rings (SSSR count). The fourth-order valence-electron chi connectivity index (χ4n) is 1.76. The molecule has 0 radical (unpaired) electrons. The van der Waals surface area contributed by atoms with Crippen molar-refractivity contribution in [3.8, 4) is 17.2 Å². The molecule has 7 heteroatoms. The van der Waals surface area contributed by atoms with Gasteiger partial charge in [0.15, 0.2) is 11.5 Å². The average molecular weight is 308 g/mol. The van der Waals surface area contributed by atoms with E-state index < -0.39 is 10.0 Å². The predicted molar refractivity (Wildman–Crippen MR) is 79.9 cm³/mol. The first-order chi connectivity index (χ1) is 9.91. The van der Waals surface area contributed by atoms with Gasteiger partial charge in [0.1, 0.15) is 10.6 Å². The fraction of sp³-hybridized carbons (Fsp3) is 0.143. The van der Waals surface area contributed by atoms with E-state index in [1.165, 1.54) is 18.2 Å². The standard InChI is InChI=1S/C14H16N2O4S/c1-2-19-11-5-3-4-6-12(11)20-13-8-7-10(15)9-14(13)21(16,17)18/h3-9H,2,15H2,1H3,(H2,16,17,18). The van der Waals surface area contributed by atoms with Gasteiger partial charge in [-0.15, -0.1) is 0 Å². The molecule has 2 aromatic rings. The Morgan fingerprint density at radius 2 is 1.71 bits per heavy atom. The first kappa shape index (κ1) is 15.1. The highest BCUT2D eigenvalue weighted by Gasteiger charge is 2.17. The largest absolute Gasteiger partial charge is 0.490 e. The highest BCUT2D eigenvalue weighted by molar-refractivity contribution is 7.89. The normalized spacial score (nSPS) is 11.1. The molecular weight excluding hydrogens is 292 g/mol. The van der Waals surface area contributed by atoms with Crippen molar-refractivity contribution in [2.24, 2.45) is 5.14 Å². The zero-order valence-electron chi connectivity index (χ0n) is 11.4. The summed E-state index contributed by atoms with van der Waals surface area (Å²) in [7, 11) is -3.95. The van der Waals surface area contributed by atoms with E-state index in [2.05, 4.69) is 0 Å². The zero-order valence-corrected chi connectivity index (χ0v) is 12.3. The molecule has 0 spiro atoms. The fourth-order valence-corrected chi connectivity index (χ4v) is 2.45. The van der Waals surface area contributed by atoms with Crippen LogP contribution in [0.15, 0.2) is 47.4 Å². The molecule has 0 unspecified atom stereocenters. The van der Waals surface area contributed by atoms with E-state index in [0.717, 1.165) is 0 Å². The minimum atomic E-state index is -3.95. The molecule has 0 saturated heterocycles. The van der Waals surface area contributed by atoms with Gasteiger partial charge < -0.3 is 15.2 Å². The lowest BCUT2D eigenvalue weighted by atomic mass is 10.3. The number of hydrogen-bond donors (Lipinski definition) is 2. The number of hydrogen-bond acceptors (Lipinski definition) is 5. The van der Waals surface area contributed by atoms with E-state index in [4.69, 9.17) is 20.3 Å². The van der Waals surface area contributed by atoms with Crippen LogP contribution in [0.4, 0.5) is 5.69 Å². The summed E-state index contributed by atoms with van der Waals surface area (Å²) in [6, 6.07) is 11.2. The number of anilines is 1. The topological polar surface area (TPSA) is 105 Å². The van der Waals surface area contributed by atoms with Gasteiger partial charge in [0.05, 0.1) is 6.61 Å². The van der Waals surface area contributed by atoms with Crippen LogP contribution in [0.25, 0.3) is 0 Å². The number of nitrogens with two attached hydrogens (primary N) is 2. The van der Waals surface area contributed by atoms with Crippen LogP contribution in [-0.4, -0.2) is 15.0 Å². The maximum atomic E-state index is 11.6. The Labute approximate surface area is 123 Å². The third kappa shape index (κ3) is 3.65. The summed E-state index contributed by atoms with van der Waals surface area (Å²) >= 11 is 0. The smallest absolute Gasteiger partial charge is 0.241 e. The third-order valence-electron chi connectivity index (χ3n) is 2.64. The Morgan fingerprint density at radius 3 is 2.33 bits per heavy atom. The van der Waals surface area contributed by atoms with Crippen molar-refractivity contribution in [2.75, 3.05) is 12.3 Å². The summed E-state index contributed by atoms with van der Waals surface area (Å²) in [6.07, 6.45) is 0. The van der Waals surface area contributed by atoms with Crippen molar-refractivity contribution in [2.45, 2.75) is 11.8 Å². The lowest BCUT2D eigenvalue weighted by Gasteiger charge is -2.13. The van der Waals surface area contributed by atoms with Crippen LogP contribution in [0.2, 0.25) is 0 Å². The van der Waals surface area contributed by atoms with Crippen LogP contribution in [0.5, 0.6) is 17.2 Å². The Morgan fingerprint density at radius 1 is 1.05 bits per heavy atom. The molecule has 0 aliphatic carbocycles. The molecule has 4 N–H and O–H groups in total. The first-order valence-electron chi connectivity index (χ1n) is 6.24. The SMILES string of the molecule is CCOc1ccccc1Oc1ccc(N)cc1S(N)(=O)=O. The minimum Gasteiger partial charge on any atom is -0.490 e. The number of primary sulfonamides is 1. The van der Waals surface area contributed by atoms with E-state index in [1.807, 2.05) is 6.92 Å². The summed E-state index contributed by atoms with van der Waals surface area (Å²) in [5.74, 6) is 1.00. The van der Waals surface area contributed by atoms with Crippen molar-refractivity contribution in [3.63, 3.8) is 0 Å². The Kier molecular flexibility index (Phi) is 4.35. The molecule has 0 fully saturated rings. The summed E-state index contributed by atoms with van der Waals surface area (Å²) < 4.78 is 34.3. The monoisotopic (exact) mass is 308 g/mol. The Hall–Kier alpha value is -2.25. The molecule has 21 heavy (non-hydrogen) atoms. The van der Waals surface area contributed by atoms with Gasteiger partial charge in [0.2, 0.25) is 10.0 Å². The van der Waals surface area contributed by atoms with E-state index >= 15 is 0 Å². The molecule has 0 aliphatic heterocycles. The highest BCUT2D eigenvalue weighted by atomic mass is 32.2. The van der Waals surface area contributed by atoms with Gasteiger partial charge in [-0.1, -0.05) is 12.1 Å².